The van der Waals surface area contributed by atoms with Gasteiger partial charge in [0, 0.05) is 31.9 Å². The van der Waals surface area contributed by atoms with Gasteiger partial charge in [0.1, 0.15) is 0 Å². The molecular formula is C21H26N2O5. The molecule has 1 fully saturated rings. The molecule has 2 aromatic rings. The molecule has 150 valence electrons. The lowest BCUT2D eigenvalue weighted by Crippen LogP contribution is -2.36. The number of nitrogens with zero attached hydrogens (tertiary/aromatic N) is 1. The molecule has 0 atom stereocenters. The maximum atomic E-state index is 9.10. The molecule has 7 nitrogen and oxygen atoms in total. The Morgan fingerprint density at radius 2 is 1.36 bits per heavy atom. The smallest absolute Gasteiger partial charge is 0.414 e. The van der Waals surface area contributed by atoms with Gasteiger partial charge >= 0.3 is 11.9 Å². The summed E-state index contributed by atoms with van der Waals surface area (Å²) in [6.07, 6.45) is 0. The number of ether oxygens (including phenoxy) is 1. The topological polar surface area (TPSA) is 99.1 Å². The van der Waals surface area contributed by atoms with Crippen LogP contribution in [0.1, 0.15) is 16.7 Å². The average Bonchev–Trinajstić information content (AvgIpc) is 2.71. The van der Waals surface area contributed by atoms with Gasteiger partial charge in [-0.2, -0.15) is 0 Å². The molecule has 0 aliphatic carbocycles. The highest BCUT2D eigenvalue weighted by atomic mass is 16.5. The first-order chi connectivity index (χ1) is 13.5. The number of anilines is 1. The fraction of sp³-hybridized carbons (Fsp3) is 0.333. The van der Waals surface area contributed by atoms with E-state index in [1.165, 1.54) is 22.4 Å². The lowest BCUT2D eigenvalue weighted by Gasteiger charge is -2.28. The second-order valence-corrected chi connectivity index (χ2v) is 6.47. The summed E-state index contributed by atoms with van der Waals surface area (Å²) in [7, 11) is 0. The van der Waals surface area contributed by atoms with Crippen LogP contribution >= 0.6 is 0 Å². The Kier molecular flexibility index (Phi) is 8.45. The van der Waals surface area contributed by atoms with Crippen LogP contribution in [-0.4, -0.2) is 48.5 Å². The summed E-state index contributed by atoms with van der Waals surface area (Å²) >= 11 is 0. The van der Waals surface area contributed by atoms with Gasteiger partial charge in [-0.05, 0) is 30.2 Å². The molecule has 28 heavy (non-hydrogen) atoms. The molecule has 3 rings (SSSR count). The quantitative estimate of drug-likeness (QED) is 0.678. The number of carbonyl (C=O) groups is 2. The number of nitrogens with one attached hydrogen (secondary N) is 1. The third-order valence-electron chi connectivity index (χ3n) is 4.27. The number of carboxylic acid groups (broad SMARTS) is 2. The van der Waals surface area contributed by atoms with Gasteiger partial charge < -0.3 is 25.2 Å². The largest absolute Gasteiger partial charge is 0.473 e. The van der Waals surface area contributed by atoms with Crippen LogP contribution in [0.2, 0.25) is 0 Å². The van der Waals surface area contributed by atoms with Gasteiger partial charge in [-0.15, -0.1) is 0 Å². The lowest BCUT2D eigenvalue weighted by atomic mass is 10.1. The van der Waals surface area contributed by atoms with Crippen LogP contribution in [0.3, 0.4) is 0 Å². The second-order valence-electron chi connectivity index (χ2n) is 6.47. The molecule has 1 aliphatic rings. The third-order valence-corrected chi connectivity index (χ3v) is 4.27. The molecule has 7 heteroatoms. The van der Waals surface area contributed by atoms with E-state index < -0.39 is 11.9 Å². The van der Waals surface area contributed by atoms with Crippen molar-refractivity contribution in [2.45, 2.75) is 20.0 Å². The highest BCUT2D eigenvalue weighted by Gasteiger charge is 2.10. The number of morpholine rings is 1. The molecule has 2 aromatic carbocycles. The molecule has 0 amide bonds. The summed E-state index contributed by atoms with van der Waals surface area (Å²) in [5, 5.41) is 18.3. The van der Waals surface area contributed by atoms with Gasteiger partial charge in [0.25, 0.3) is 0 Å². The first-order valence-corrected chi connectivity index (χ1v) is 9.10. The van der Waals surface area contributed by atoms with E-state index in [1.54, 1.807) is 0 Å². The predicted molar refractivity (Wildman–Crippen MR) is 106 cm³/mol. The lowest BCUT2D eigenvalue weighted by molar-refractivity contribution is -0.159. The van der Waals surface area contributed by atoms with Gasteiger partial charge in [-0.1, -0.05) is 42.0 Å². The fourth-order valence-corrected chi connectivity index (χ4v) is 2.70. The molecule has 0 aromatic heterocycles. The van der Waals surface area contributed by atoms with E-state index in [2.05, 4.69) is 65.7 Å². The zero-order chi connectivity index (χ0) is 20.4. The minimum absolute atomic E-state index is 0.833. The van der Waals surface area contributed by atoms with Gasteiger partial charge in [-0.3, -0.25) is 0 Å². The number of aryl methyl sites for hydroxylation is 1. The summed E-state index contributed by atoms with van der Waals surface area (Å²) < 4.78 is 5.40. The van der Waals surface area contributed by atoms with Crippen LogP contribution in [0.4, 0.5) is 5.69 Å². The Balaban J connectivity index is 0.000000409. The van der Waals surface area contributed by atoms with E-state index in [9.17, 15) is 0 Å². The Morgan fingerprint density at radius 3 is 1.82 bits per heavy atom. The van der Waals surface area contributed by atoms with Crippen molar-refractivity contribution in [2.75, 3.05) is 31.2 Å². The molecular weight excluding hydrogens is 360 g/mol. The molecule has 0 unspecified atom stereocenters. The number of aliphatic carboxylic acids is 2. The second kappa shape index (κ2) is 11.1. The Morgan fingerprint density at radius 1 is 0.893 bits per heavy atom. The minimum Gasteiger partial charge on any atom is -0.473 e. The van der Waals surface area contributed by atoms with Crippen LogP contribution < -0.4 is 10.2 Å². The van der Waals surface area contributed by atoms with Gasteiger partial charge in [0.05, 0.1) is 13.2 Å². The zero-order valence-corrected chi connectivity index (χ0v) is 15.9. The van der Waals surface area contributed by atoms with Crippen molar-refractivity contribution < 1.29 is 24.5 Å². The normalized spacial score (nSPS) is 13.4. The van der Waals surface area contributed by atoms with Crippen molar-refractivity contribution in [1.82, 2.24) is 5.32 Å². The van der Waals surface area contributed by atoms with Crippen molar-refractivity contribution in [1.29, 1.82) is 0 Å². The van der Waals surface area contributed by atoms with Crippen LogP contribution in [0, 0.1) is 6.92 Å². The molecule has 3 N–H and O–H groups in total. The van der Waals surface area contributed by atoms with Gasteiger partial charge in [-0.25, -0.2) is 9.59 Å². The Hall–Kier alpha value is -2.90. The van der Waals surface area contributed by atoms with Crippen LogP contribution in [0.25, 0.3) is 0 Å². The number of hydrogen-bond donors (Lipinski definition) is 3. The monoisotopic (exact) mass is 386 g/mol. The van der Waals surface area contributed by atoms with Gasteiger partial charge in [0.15, 0.2) is 0 Å². The van der Waals surface area contributed by atoms with Crippen molar-refractivity contribution in [3.05, 3.63) is 65.2 Å². The zero-order valence-electron chi connectivity index (χ0n) is 15.9. The number of rotatable bonds is 5. The molecule has 0 radical (unpaired) electrons. The minimum atomic E-state index is -1.82. The highest BCUT2D eigenvalue weighted by molar-refractivity contribution is 6.27. The fourth-order valence-electron chi connectivity index (χ4n) is 2.70. The van der Waals surface area contributed by atoms with Crippen LogP contribution in [0.5, 0.6) is 0 Å². The van der Waals surface area contributed by atoms with Crippen molar-refractivity contribution in [3.8, 4) is 0 Å². The molecule has 0 bridgehead atoms. The van der Waals surface area contributed by atoms with E-state index in [1.807, 2.05) is 0 Å². The number of hydrogen-bond acceptors (Lipinski definition) is 5. The van der Waals surface area contributed by atoms with E-state index in [4.69, 9.17) is 24.5 Å². The summed E-state index contributed by atoms with van der Waals surface area (Å²) in [4.78, 5) is 20.6. The average molecular weight is 386 g/mol. The third kappa shape index (κ3) is 7.38. The Bertz CT molecular complexity index is 741. The van der Waals surface area contributed by atoms with Crippen LogP contribution in [0.15, 0.2) is 48.5 Å². The van der Waals surface area contributed by atoms with Crippen molar-refractivity contribution in [2.24, 2.45) is 0 Å². The van der Waals surface area contributed by atoms with E-state index in [0.717, 1.165) is 39.4 Å². The SMILES string of the molecule is Cc1ccc(CNCc2ccc(N3CCOCC3)cc2)cc1.O=C(O)C(=O)O. The van der Waals surface area contributed by atoms with E-state index in [-0.39, 0.29) is 0 Å². The standard InChI is InChI=1S/C19H24N2O.C2H2O4/c1-16-2-4-17(5-3-16)14-20-15-18-6-8-19(9-7-18)21-10-12-22-13-11-21;3-1(4)2(5)6/h2-9,20H,10-15H2,1H3;(H,3,4)(H,5,6). The van der Waals surface area contributed by atoms with Crippen LogP contribution in [-0.2, 0) is 27.4 Å². The maximum absolute atomic E-state index is 9.10. The first-order valence-electron chi connectivity index (χ1n) is 9.10. The maximum Gasteiger partial charge on any atom is 0.414 e. The van der Waals surface area contributed by atoms with E-state index >= 15 is 0 Å². The Labute approximate surface area is 164 Å². The summed E-state index contributed by atoms with van der Waals surface area (Å²) in [5.41, 5.74) is 5.26. The molecule has 1 heterocycles. The summed E-state index contributed by atoms with van der Waals surface area (Å²) in [5.74, 6) is -3.65. The van der Waals surface area contributed by atoms with Crippen molar-refractivity contribution >= 4 is 17.6 Å². The van der Waals surface area contributed by atoms with Crippen molar-refractivity contribution in [3.63, 3.8) is 0 Å². The number of benzene rings is 2. The predicted octanol–water partition coefficient (Wildman–Crippen LogP) is 2.28. The van der Waals surface area contributed by atoms with Gasteiger partial charge in [0.2, 0.25) is 0 Å². The summed E-state index contributed by atoms with van der Waals surface area (Å²) in [6, 6.07) is 17.6. The molecule has 1 aliphatic heterocycles. The summed E-state index contributed by atoms with van der Waals surface area (Å²) in [6.45, 7) is 7.58. The van der Waals surface area contributed by atoms with E-state index in [0.29, 0.717) is 0 Å². The number of carboxylic acids is 2. The molecule has 1 saturated heterocycles. The molecule has 0 spiro atoms. The first kappa shape index (κ1) is 21.4. The molecule has 0 saturated carbocycles. The highest BCUT2D eigenvalue weighted by Crippen LogP contribution is 2.16.